The molecule has 2 rings (SSSR count). The highest BCUT2D eigenvalue weighted by atomic mass is 79.9. The molecular weight excluding hydrogens is 309 g/mol. The molecule has 94 valence electrons. The standard InChI is InChI=1S/C13H8BrF3O/c14-7-8-4-5-11(10(16)6-8)18-12-3-1-2-9(15)13(12)17/h1-6H,7H2. The third-order valence-electron chi connectivity index (χ3n) is 2.29. The van der Waals surface area contributed by atoms with Crippen LogP contribution in [0.5, 0.6) is 11.5 Å². The molecule has 0 saturated heterocycles. The van der Waals surface area contributed by atoms with Crippen LogP contribution in [0.2, 0.25) is 0 Å². The SMILES string of the molecule is Fc1cc(CBr)ccc1Oc1cccc(F)c1F. The zero-order chi connectivity index (χ0) is 13.1. The zero-order valence-corrected chi connectivity index (χ0v) is 10.7. The molecule has 2 aromatic rings. The number of rotatable bonds is 3. The molecule has 0 N–H and O–H groups in total. The van der Waals surface area contributed by atoms with Gasteiger partial charge in [-0.2, -0.15) is 4.39 Å². The van der Waals surface area contributed by atoms with E-state index in [1.807, 2.05) is 0 Å². The van der Waals surface area contributed by atoms with E-state index in [0.717, 1.165) is 11.6 Å². The van der Waals surface area contributed by atoms with Crippen molar-refractivity contribution >= 4 is 15.9 Å². The molecule has 18 heavy (non-hydrogen) atoms. The zero-order valence-electron chi connectivity index (χ0n) is 9.09. The summed E-state index contributed by atoms with van der Waals surface area (Å²) < 4.78 is 44.9. The third-order valence-corrected chi connectivity index (χ3v) is 2.93. The van der Waals surface area contributed by atoms with Crippen LogP contribution in [0.25, 0.3) is 0 Å². The first-order chi connectivity index (χ1) is 8.61. The van der Waals surface area contributed by atoms with Crippen molar-refractivity contribution in [2.45, 2.75) is 5.33 Å². The maximum atomic E-state index is 13.6. The van der Waals surface area contributed by atoms with Gasteiger partial charge >= 0.3 is 0 Å². The highest BCUT2D eigenvalue weighted by Gasteiger charge is 2.12. The predicted molar refractivity (Wildman–Crippen MR) is 65.5 cm³/mol. The summed E-state index contributed by atoms with van der Waals surface area (Å²) >= 11 is 3.19. The van der Waals surface area contributed by atoms with E-state index in [9.17, 15) is 13.2 Å². The van der Waals surface area contributed by atoms with Gasteiger partial charge in [0, 0.05) is 5.33 Å². The van der Waals surface area contributed by atoms with E-state index < -0.39 is 17.5 Å². The van der Waals surface area contributed by atoms with Crippen molar-refractivity contribution in [1.82, 2.24) is 0 Å². The molecule has 2 aromatic carbocycles. The van der Waals surface area contributed by atoms with Gasteiger partial charge in [0.1, 0.15) is 0 Å². The Bertz CT molecular complexity index is 572. The molecule has 1 nitrogen and oxygen atoms in total. The molecule has 0 amide bonds. The van der Waals surface area contributed by atoms with E-state index in [1.54, 1.807) is 6.07 Å². The van der Waals surface area contributed by atoms with Gasteiger partial charge < -0.3 is 4.74 Å². The van der Waals surface area contributed by atoms with Crippen molar-refractivity contribution in [2.24, 2.45) is 0 Å². The van der Waals surface area contributed by atoms with Gasteiger partial charge in [0.05, 0.1) is 0 Å². The van der Waals surface area contributed by atoms with E-state index in [0.29, 0.717) is 5.33 Å². The summed E-state index contributed by atoms with van der Waals surface area (Å²) in [6.07, 6.45) is 0. The minimum Gasteiger partial charge on any atom is -0.451 e. The number of hydrogen-bond donors (Lipinski definition) is 0. The second-order valence-corrected chi connectivity index (χ2v) is 4.11. The summed E-state index contributed by atoms with van der Waals surface area (Å²) in [5, 5.41) is 0.499. The molecule has 5 heteroatoms. The van der Waals surface area contributed by atoms with Gasteiger partial charge in [-0.05, 0) is 29.8 Å². The van der Waals surface area contributed by atoms with Gasteiger partial charge in [0.2, 0.25) is 5.82 Å². The average Bonchev–Trinajstić information content (AvgIpc) is 2.37. The van der Waals surface area contributed by atoms with Gasteiger partial charge in [-0.25, -0.2) is 8.78 Å². The number of hydrogen-bond acceptors (Lipinski definition) is 1. The lowest BCUT2D eigenvalue weighted by Gasteiger charge is -2.08. The van der Waals surface area contributed by atoms with Crippen LogP contribution in [-0.2, 0) is 5.33 Å². The summed E-state index contributed by atoms with van der Waals surface area (Å²) in [7, 11) is 0. The number of alkyl halides is 1. The van der Waals surface area contributed by atoms with Crippen LogP contribution in [0.3, 0.4) is 0 Å². The Morgan fingerprint density at radius 2 is 1.72 bits per heavy atom. The second kappa shape index (κ2) is 5.44. The van der Waals surface area contributed by atoms with E-state index in [2.05, 4.69) is 15.9 Å². The largest absolute Gasteiger partial charge is 0.451 e. The highest BCUT2D eigenvalue weighted by Crippen LogP contribution is 2.28. The Kier molecular flexibility index (Phi) is 3.91. The fraction of sp³-hybridized carbons (Fsp3) is 0.0769. The van der Waals surface area contributed by atoms with Crippen LogP contribution in [-0.4, -0.2) is 0 Å². The van der Waals surface area contributed by atoms with Gasteiger partial charge in [-0.15, -0.1) is 0 Å². The molecule has 0 bridgehead atoms. The fourth-order valence-corrected chi connectivity index (χ4v) is 1.74. The van der Waals surface area contributed by atoms with Gasteiger partial charge in [0.25, 0.3) is 0 Å². The number of halogens is 4. The quantitative estimate of drug-likeness (QED) is 0.740. The van der Waals surface area contributed by atoms with Gasteiger partial charge in [-0.3, -0.25) is 0 Å². The minimum atomic E-state index is -1.14. The third kappa shape index (κ3) is 2.67. The van der Waals surface area contributed by atoms with E-state index in [4.69, 9.17) is 4.74 Å². The molecule has 0 fully saturated rings. The molecular formula is C13H8BrF3O. The fourth-order valence-electron chi connectivity index (χ4n) is 1.39. The second-order valence-electron chi connectivity index (χ2n) is 3.55. The van der Waals surface area contributed by atoms with Gasteiger partial charge in [0.15, 0.2) is 23.1 Å². The Hall–Kier alpha value is -1.49. The molecule has 0 aliphatic carbocycles. The van der Waals surface area contributed by atoms with Crippen LogP contribution < -0.4 is 4.74 Å². The summed E-state index contributed by atoms with van der Waals surface area (Å²) in [4.78, 5) is 0. The summed E-state index contributed by atoms with van der Waals surface area (Å²) in [6, 6.07) is 7.75. The Balaban J connectivity index is 2.31. The Morgan fingerprint density at radius 1 is 0.944 bits per heavy atom. The number of benzene rings is 2. The Morgan fingerprint density at radius 3 is 2.39 bits per heavy atom. The highest BCUT2D eigenvalue weighted by molar-refractivity contribution is 9.08. The van der Waals surface area contributed by atoms with Crippen LogP contribution in [0.1, 0.15) is 5.56 Å². The van der Waals surface area contributed by atoms with Crippen molar-refractivity contribution < 1.29 is 17.9 Å². The van der Waals surface area contributed by atoms with Crippen molar-refractivity contribution in [3.05, 3.63) is 59.4 Å². The van der Waals surface area contributed by atoms with Crippen LogP contribution in [0, 0.1) is 17.5 Å². The van der Waals surface area contributed by atoms with Gasteiger partial charge in [-0.1, -0.05) is 28.1 Å². The molecule has 0 aliphatic heterocycles. The molecule has 0 atom stereocenters. The normalized spacial score (nSPS) is 10.4. The summed E-state index contributed by atoms with van der Waals surface area (Å²) in [5.41, 5.74) is 0.722. The van der Waals surface area contributed by atoms with Crippen molar-refractivity contribution in [3.8, 4) is 11.5 Å². The lowest BCUT2D eigenvalue weighted by Crippen LogP contribution is -1.94. The molecule has 0 spiro atoms. The monoisotopic (exact) mass is 316 g/mol. The average molecular weight is 317 g/mol. The first kappa shape index (κ1) is 13.0. The first-order valence-corrected chi connectivity index (χ1v) is 6.20. The van der Waals surface area contributed by atoms with E-state index >= 15 is 0 Å². The maximum Gasteiger partial charge on any atom is 0.201 e. The van der Waals surface area contributed by atoms with Crippen molar-refractivity contribution in [2.75, 3.05) is 0 Å². The van der Waals surface area contributed by atoms with E-state index in [-0.39, 0.29) is 11.5 Å². The first-order valence-electron chi connectivity index (χ1n) is 5.08. The van der Waals surface area contributed by atoms with Crippen molar-refractivity contribution in [3.63, 3.8) is 0 Å². The summed E-state index contributed by atoms with van der Waals surface area (Å²) in [6.45, 7) is 0. The summed E-state index contributed by atoms with van der Waals surface area (Å²) in [5.74, 6) is -3.30. The Labute approximate surface area is 110 Å². The number of ether oxygens (including phenoxy) is 1. The molecule has 0 radical (unpaired) electrons. The van der Waals surface area contributed by atoms with Crippen LogP contribution >= 0.6 is 15.9 Å². The molecule has 0 saturated carbocycles. The van der Waals surface area contributed by atoms with E-state index in [1.165, 1.54) is 24.3 Å². The molecule has 0 aromatic heterocycles. The van der Waals surface area contributed by atoms with Crippen LogP contribution in [0.15, 0.2) is 36.4 Å². The molecule has 0 aliphatic rings. The molecule has 0 heterocycles. The smallest absolute Gasteiger partial charge is 0.201 e. The predicted octanol–water partition coefficient (Wildman–Crippen LogP) is 4.79. The minimum absolute atomic E-state index is 0.149. The lowest BCUT2D eigenvalue weighted by molar-refractivity contribution is 0.397. The van der Waals surface area contributed by atoms with Crippen LogP contribution in [0.4, 0.5) is 13.2 Å². The van der Waals surface area contributed by atoms with Crippen molar-refractivity contribution in [1.29, 1.82) is 0 Å². The topological polar surface area (TPSA) is 9.23 Å². The lowest BCUT2D eigenvalue weighted by atomic mass is 10.2. The maximum absolute atomic E-state index is 13.6. The molecule has 0 unspecified atom stereocenters.